The third kappa shape index (κ3) is 2.57. The first-order valence-corrected chi connectivity index (χ1v) is 6.27. The third-order valence-corrected chi connectivity index (χ3v) is 3.10. The number of hydrogen-bond acceptors (Lipinski definition) is 4. The molecule has 18 heavy (non-hydrogen) atoms. The number of hydrogen-bond donors (Lipinski definition) is 0. The molecule has 0 bridgehead atoms. The zero-order valence-electron chi connectivity index (χ0n) is 10.2. The van der Waals surface area contributed by atoms with Gasteiger partial charge in [0.2, 0.25) is 5.76 Å². The Morgan fingerprint density at radius 2 is 2.17 bits per heavy atom. The van der Waals surface area contributed by atoms with E-state index in [0.29, 0.717) is 12.2 Å². The van der Waals surface area contributed by atoms with Gasteiger partial charge < -0.3 is 13.9 Å². The van der Waals surface area contributed by atoms with Gasteiger partial charge in [-0.25, -0.2) is 4.79 Å². The summed E-state index contributed by atoms with van der Waals surface area (Å²) < 4.78 is 16.3. The molecule has 2 rings (SSSR count). The van der Waals surface area contributed by atoms with Gasteiger partial charge in [0.15, 0.2) is 0 Å². The fourth-order valence-electron chi connectivity index (χ4n) is 1.67. The number of fused-ring (bicyclic) bond motifs is 1. The van der Waals surface area contributed by atoms with Gasteiger partial charge in [0.05, 0.1) is 6.61 Å². The fourth-order valence-corrected chi connectivity index (χ4v) is 2.03. The first-order chi connectivity index (χ1) is 8.63. The Morgan fingerprint density at radius 1 is 1.39 bits per heavy atom. The Morgan fingerprint density at radius 3 is 2.89 bits per heavy atom. The number of aryl methyl sites for hydroxylation is 1. The molecule has 4 nitrogen and oxygen atoms in total. The summed E-state index contributed by atoms with van der Waals surface area (Å²) in [6, 6.07) is 5.60. The maximum atomic E-state index is 11.8. The highest BCUT2D eigenvalue weighted by atomic mass is 79.9. The van der Waals surface area contributed by atoms with Crippen molar-refractivity contribution in [3.63, 3.8) is 0 Å². The smallest absolute Gasteiger partial charge is 0.374 e. The maximum Gasteiger partial charge on any atom is 0.374 e. The number of carbonyl (C=O) groups excluding carboxylic acids is 1. The minimum atomic E-state index is -0.461. The van der Waals surface area contributed by atoms with Crippen LogP contribution in [0.3, 0.4) is 0 Å². The van der Waals surface area contributed by atoms with Gasteiger partial charge in [-0.1, -0.05) is 15.9 Å². The van der Waals surface area contributed by atoms with E-state index in [1.54, 1.807) is 7.11 Å². The van der Waals surface area contributed by atoms with Crippen molar-refractivity contribution in [2.24, 2.45) is 0 Å². The third-order valence-electron chi connectivity index (χ3n) is 2.60. The largest absolute Gasteiger partial charge is 0.457 e. The Bertz CT molecular complexity index is 574. The number of methoxy groups -OCH3 is 1. The van der Waals surface area contributed by atoms with Crippen molar-refractivity contribution in [1.82, 2.24) is 0 Å². The molecule has 1 aromatic carbocycles. The van der Waals surface area contributed by atoms with Crippen LogP contribution in [0.1, 0.15) is 16.1 Å². The Kier molecular flexibility index (Phi) is 4.04. The highest BCUT2D eigenvalue weighted by Gasteiger charge is 2.18. The molecule has 0 saturated carbocycles. The molecule has 0 atom stereocenters. The van der Waals surface area contributed by atoms with Gasteiger partial charge >= 0.3 is 5.97 Å². The van der Waals surface area contributed by atoms with Crippen LogP contribution in [-0.2, 0) is 9.47 Å². The molecular formula is C13H13BrO4. The first kappa shape index (κ1) is 13.1. The van der Waals surface area contributed by atoms with Gasteiger partial charge in [-0.05, 0) is 25.1 Å². The summed E-state index contributed by atoms with van der Waals surface area (Å²) >= 11 is 3.39. The van der Waals surface area contributed by atoms with E-state index in [2.05, 4.69) is 15.9 Å². The average molecular weight is 313 g/mol. The SMILES string of the molecule is COCCOC(=O)c1oc2ccc(Br)cc2c1C. The van der Waals surface area contributed by atoms with E-state index in [-0.39, 0.29) is 12.4 Å². The lowest BCUT2D eigenvalue weighted by molar-refractivity contribution is 0.0356. The van der Waals surface area contributed by atoms with E-state index in [1.165, 1.54) is 0 Å². The van der Waals surface area contributed by atoms with Crippen molar-refractivity contribution in [3.8, 4) is 0 Å². The summed E-state index contributed by atoms with van der Waals surface area (Å²) in [5.41, 5.74) is 1.46. The second-order valence-corrected chi connectivity index (χ2v) is 4.74. The molecule has 2 aromatic rings. The topological polar surface area (TPSA) is 48.7 Å². The molecule has 1 aromatic heterocycles. The second-order valence-electron chi connectivity index (χ2n) is 3.83. The van der Waals surface area contributed by atoms with Crippen LogP contribution in [-0.4, -0.2) is 26.3 Å². The number of ether oxygens (including phenoxy) is 2. The number of furan rings is 1. The van der Waals surface area contributed by atoms with Crippen molar-refractivity contribution in [2.75, 3.05) is 20.3 Å². The zero-order valence-corrected chi connectivity index (χ0v) is 11.7. The van der Waals surface area contributed by atoms with Crippen molar-refractivity contribution in [2.45, 2.75) is 6.92 Å². The summed E-state index contributed by atoms with van der Waals surface area (Å²) in [5, 5.41) is 0.906. The number of benzene rings is 1. The molecule has 0 fully saturated rings. The number of rotatable bonds is 4. The van der Waals surface area contributed by atoms with E-state index in [9.17, 15) is 4.79 Å². The van der Waals surface area contributed by atoms with Gasteiger partial charge in [0, 0.05) is 22.5 Å². The van der Waals surface area contributed by atoms with E-state index < -0.39 is 5.97 Å². The normalized spacial score (nSPS) is 10.8. The minimum absolute atomic E-state index is 0.218. The van der Waals surface area contributed by atoms with Gasteiger partial charge in [0.25, 0.3) is 0 Å². The summed E-state index contributed by atoms with van der Waals surface area (Å²) in [6.45, 7) is 2.43. The molecule has 0 spiro atoms. The highest BCUT2D eigenvalue weighted by molar-refractivity contribution is 9.10. The molecule has 0 aliphatic heterocycles. The van der Waals surface area contributed by atoms with Crippen LogP contribution >= 0.6 is 15.9 Å². The van der Waals surface area contributed by atoms with E-state index in [1.807, 2.05) is 25.1 Å². The molecule has 5 heteroatoms. The van der Waals surface area contributed by atoms with E-state index >= 15 is 0 Å². The van der Waals surface area contributed by atoms with Crippen molar-refractivity contribution in [1.29, 1.82) is 0 Å². The van der Waals surface area contributed by atoms with Crippen molar-refractivity contribution >= 4 is 32.9 Å². The minimum Gasteiger partial charge on any atom is -0.457 e. The number of halogens is 1. The molecule has 0 unspecified atom stereocenters. The molecular weight excluding hydrogens is 300 g/mol. The summed E-state index contributed by atoms with van der Waals surface area (Å²) in [7, 11) is 1.55. The van der Waals surface area contributed by atoms with Gasteiger partial charge in [-0.15, -0.1) is 0 Å². The van der Waals surface area contributed by atoms with Crippen LogP contribution in [0.15, 0.2) is 27.1 Å². The number of carbonyl (C=O) groups is 1. The Labute approximate surface area is 113 Å². The van der Waals surface area contributed by atoms with Crippen LogP contribution in [0.5, 0.6) is 0 Å². The average Bonchev–Trinajstić information content (AvgIpc) is 2.67. The summed E-state index contributed by atoms with van der Waals surface area (Å²) in [5.74, 6) is -0.212. The Hall–Kier alpha value is -1.33. The molecule has 0 N–H and O–H groups in total. The van der Waals surface area contributed by atoms with Crippen LogP contribution in [0.25, 0.3) is 11.0 Å². The van der Waals surface area contributed by atoms with Gasteiger partial charge in [0.1, 0.15) is 12.2 Å². The van der Waals surface area contributed by atoms with Gasteiger partial charge in [-0.2, -0.15) is 0 Å². The second kappa shape index (κ2) is 5.54. The first-order valence-electron chi connectivity index (χ1n) is 5.48. The number of esters is 1. The lowest BCUT2D eigenvalue weighted by Gasteiger charge is -2.01. The fraction of sp³-hybridized carbons (Fsp3) is 0.308. The van der Waals surface area contributed by atoms with Crippen LogP contribution in [0.2, 0.25) is 0 Å². The maximum absolute atomic E-state index is 11.8. The quantitative estimate of drug-likeness (QED) is 0.642. The zero-order chi connectivity index (χ0) is 13.1. The van der Waals surface area contributed by atoms with E-state index in [0.717, 1.165) is 15.4 Å². The molecule has 0 aliphatic rings. The molecule has 96 valence electrons. The van der Waals surface area contributed by atoms with Crippen LogP contribution in [0, 0.1) is 6.92 Å². The molecule has 1 heterocycles. The lowest BCUT2D eigenvalue weighted by atomic mass is 10.1. The Balaban J connectivity index is 2.28. The highest BCUT2D eigenvalue weighted by Crippen LogP contribution is 2.28. The predicted molar refractivity (Wildman–Crippen MR) is 70.8 cm³/mol. The summed E-state index contributed by atoms with van der Waals surface area (Å²) in [4.78, 5) is 11.8. The van der Waals surface area contributed by atoms with Crippen molar-refractivity contribution < 1.29 is 18.7 Å². The molecule has 0 saturated heterocycles. The lowest BCUT2D eigenvalue weighted by Crippen LogP contribution is -2.10. The predicted octanol–water partition coefficient (Wildman–Crippen LogP) is 3.31. The molecule has 0 radical (unpaired) electrons. The van der Waals surface area contributed by atoms with Crippen LogP contribution < -0.4 is 0 Å². The monoisotopic (exact) mass is 312 g/mol. The van der Waals surface area contributed by atoms with Crippen molar-refractivity contribution in [3.05, 3.63) is 34.0 Å². The standard InChI is InChI=1S/C13H13BrO4/c1-8-10-7-9(14)3-4-11(10)18-12(8)13(15)17-6-5-16-2/h3-4,7H,5-6H2,1-2H3. The molecule has 0 aliphatic carbocycles. The van der Waals surface area contributed by atoms with E-state index in [4.69, 9.17) is 13.9 Å². The summed E-state index contributed by atoms with van der Waals surface area (Å²) in [6.07, 6.45) is 0. The van der Waals surface area contributed by atoms with Crippen LogP contribution in [0.4, 0.5) is 0 Å². The molecule has 0 amide bonds. The van der Waals surface area contributed by atoms with Gasteiger partial charge in [-0.3, -0.25) is 0 Å².